The van der Waals surface area contributed by atoms with Crippen LogP contribution >= 0.6 is 0 Å². The summed E-state index contributed by atoms with van der Waals surface area (Å²) in [6, 6.07) is 5.02. The van der Waals surface area contributed by atoms with E-state index in [0.717, 1.165) is 12.1 Å². The molecule has 1 aromatic carbocycles. The minimum Gasteiger partial charge on any atom is -0.383 e. The highest BCUT2D eigenvalue weighted by molar-refractivity contribution is 5.49. The first-order chi connectivity index (χ1) is 8.10. The average Bonchev–Trinajstić information content (AvgIpc) is 2.31. The van der Waals surface area contributed by atoms with Crippen LogP contribution < -0.4 is 10.6 Å². The summed E-state index contributed by atoms with van der Waals surface area (Å²) in [5.41, 5.74) is 7.14. The molecule has 0 amide bonds. The van der Waals surface area contributed by atoms with Crippen LogP contribution in [0.3, 0.4) is 0 Å². The van der Waals surface area contributed by atoms with E-state index in [1.165, 1.54) is 6.07 Å². The van der Waals surface area contributed by atoms with Crippen molar-refractivity contribution < 1.29 is 9.13 Å². The van der Waals surface area contributed by atoms with E-state index in [0.29, 0.717) is 18.8 Å². The summed E-state index contributed by atoms with van der Waals surface area (Å²) in [5.74, 6) is -0.224. The van der Waals surface area contributed by atoms with E-state index < -0.39 is 0 Å². The molecule has 3 nitrogen and oxygen atoms in total. The molecule has 0 heterocycles. The van der Waals surface area contributed by atoms with Gasteiger partial charge in [0.1, 0.15) is 5.82 Å². The van der Waals surface area contributed by atoms with Gasteiger partial charge in [0.25, 0.3) is 0 Å². The highest BCUT2D eigenvalue weighted by Gasteiger charge is 2.11. The van der Waals surface area contributed by atoms with E-state index in [1.54, 1.807) is 13.2 Å². The Morgan fingerprint density at radius 1 is 1.47 bits per heavy atom. The van der Waals surface area contributed by atoms with Gasteiger partial charge >= 0.3 is 0 Å². The summed E-state index contributed by atoms with van der Waals surface area (Å²) in [6.45, 7) is 5.85. The Morgan fingerprint density at radius 3 is 2.65 bits per heavy atom. The van der Waals surface area contributed by atoms with Gasteiger partial charge in [0, 0.05) is 26.2 Å². The maximum atomic E-state index is 13.9. The first-order valence-electron chi connectivity index (χ1n) is 5.89. The highest BCUT2D eigenvalue weighted by Crippen LogP contribution is 2.22. The van der Waals surface area contributed by atoms with Crippen molar-refractivity contribution in [3.8, 4) is 0 Å². The van der Waals surface area contributed by atoms with Gasteiger partial charge < -0.3 is 15.4 Å². The van der Waals surface area contributed by atoms with Gasteiger partial charge in [-0.15, -0.1) is 0 Å². The maximum Gasteiger partial charge on any atom is 0.146 e. The van der Waals surface area contributed by atoms with Gasteiger partial charge in [-0.1, -0.05) is 6.07 Å². The van der Waals surface area contributed by atoms with Crippen LogP contribution in [0.5, 0.6) is 0 Å². The molecule has 0 saturated heterocycles. The zero-order valence-electron chi connectivity index (χ0n) is 10.7. The van der Waals surface area contributed by atoms with Crippen LogP contribution in [0.2, 0.25) is 0 Å². The van der Waals surface area contributed by atoms with E-state index in [4.69, 9.17) is 10.5 Å². The topological polar surface area (TPSA) is 38.5 Å². The van der Waals surface area contributed by atoms with Crippen LogP contribution in [0.1, 0.15) is 25.5 Å². The summed E-state index contributed by atoms with van der Waals surface area (Å²) in [7, 11) is 1.64. The molecule has 0 aliphatic heterocycles. The second-order valence-corrected chi connectivity index (χ2v) is 4.07. The largest absolute Gasteiger partial charge is 0.383 e. The van der Waals surface area contributed by atoms with Gasteiger partial charge in [-0.05, 0) is 31.5 Å². The van der Waals surface area contributed by atoms with Gasteiger partial charge in [-0.2, -0.15) is 0 Å². The summed E-state index contributed by atoms with van der Waals surface area (Å²) >= 11 is 0. The molecule has 17 heavy (non-hydrogen) atoms. The van der Waals surface area contributed by atoms with Crippen molar-refractivity contribution in [2.24, 2.45) is 5.73 Å². The number of nitrogens with two attached hydrogens (primary N) is 1. The molecule has 0 saturated carbocycles. The molecule has 1 rings (SSSR count). The van der Waals surface area contributed by atoms with Gasteiger partial charge in [0.2, 0.25) is 0 Å². The second-order valence-electron chi connectivity index (χ2n) is 4.07. The second kappa shape index (κ2) is 6.57. The van der Waals surface area contributed by atoms with Crippen LogP contribution in [0.4, 0.5) is 10.1 Å². The molecule has 0 aliphatic rings. The van der Waals surface area contributed by atoms with Crippen LogP contribution in [-0.2, 0) is 4.74 Å². The molecule has 1 atom stereocenters. The minimum absolute atomic E-state index is 0.146. The quantitative estimate of drug-likeness (QED) is 0.829. The fraction of sp³-hybridized carbons (Fsp3) is 0.538. The van der Waals surface area contributed by atoms with Crippen molar-refractivity contribution in [1.82, 2.24) is 0 Å². The standard InChI is InChI=1S/C13H21FN2O/c1-4-16(7-8-17-3)13-6-5-11(10(2)15)9-12(13)14/h5-6,9-10H,4,7-8,15H2,1-3H3. The molecule has 0 spiro atoms. The Bertz CT molecular complexity index is 355. The Kier molecular flexibility index (Phi) is 5.38. The van der Waals surface area contributed by atoms with Crippen LogP contribution in [0.15, 0.2) is 18.2 Å². The summed E-state index contributed by atoms with van der Waals surface area (Å²) in [5, 5.41) is 0. The highest BCUT2D eigenvalue weighted by atomic mass is 19.1. The number of methoxy groups -OCH3 is 1. The Labute approximate surface area is 102 Å². The molecule has 0 radical (unpaired) electrons. The SMILES string of the molecule is CCN(CCOC)c1ccc(C(C)N)cc1F. The fourth-order valence-electron chi connectivity index (χ4n) is 1.71. The number of ether oxygens (including phenoxy) is 1. The van der Waals surface area contributed by atoms with Crippen LogP contribution in [-0.4, -0.2) is 26.8 Å². The predicted octanol–water partition coefficient (Wildman–Crippen LogP) is 2.32. The monoisotopic (exact) mass is 240 g/mol. The molecule has 1 unspecified atom stereocenters. The van der Waals surface area contributed by atoms with Crippen molar-refractivity contribution >= 4 is 5.69 Å². The third-order valence-corrected chi connectivity index (χ3v) is 2.79. The Morgan fingerprint density at radius 2 is 2.18 bits per heavy atom. The molecule has 1 aromatic rings. The minimum atomic E-state index is -0.224. The van der Waals surface area contributed by atoms with Crippen molar-refractivity contribution in [3.63, 3.8) is 0 Å². The van der Waals surface area contributed by atoms with Crippen molar-refractivity contribution in [2.45, 2.75) is 19.9 Å². The van der Waals surface area contributed by atoms with E-state index in [-0.39, 0.29) is 11.9 Å². The zero-order chi connectivity index (χ0) is 12.8. The maximum absolute atomic E-state index is 13.9. The number of hydrogen-bond acceptors (Lipinski definition) is 3. The molecular weight excluding hydrogens is 219 g/mol. The number of benzene rings is 1. The third kappa shape index (κ3) is 3.68. The van der Waals surface area contributed by atoms with Crippen molar-refractivity contribution in [1.29, 1.82) is 0 Å². The molecular formula is C13H21FN2O. The number of likely N-dealkylation sites (N-methyl/N-ethyl adjacent to an activating group) is 1. The Hall–Kier alpha value is -1.13. The number of anilines is 1. The van der Waals surface area contributed by atoms with E-state index in [9.17, 15) is 4.39 Å². The first-order valence-corrected chi connectivity index (χ1v) is 5.89. The van der Waals surface area contributed by atoms with Gasteiger partial charge in [0.05, 0.1) is 12.3 Å². The number of nitrogens with zero attached hydrogens (tertiary/aromatic N) is 1. The molecule has 0 bridgehead atoms. The summed E-state index contributed by atoms with van der Waals surface area (Å²) < 4.78 is 19.0. The molecule has 96 valence electrons. The van der Waals surface area contributed by atoms with E-state index in [1.807, 2.05) is 24.8 Å². The molecule has 2 N–H and O–H groups in total. The average molecular weight is 240 g/mol. The molecule has 0 aliphatic carbocycles. The predicted molar refractivity (Wildman–Crippen MR) is 68.8 cm³/mol. The fourth-order valence-corrected chi connectivity index (χ4v) is 1.71. The van der Waals surface area contributed by atoms with Crippen molar-refractivity contribution in [3.05, 3.63) is 29.6 Å². The van der Waals surface area contributed by atoms with Gasteiger partial charge in [-0.25, -0.2) is 4.39 Å². The molecule has 0 aromatic heterocycles. The summed E-state index contributed by atoms with van der Waals surface area (Å²) in [6.07, 6.45) is 0. The molecule has 0 fully saturated rings. The lowest BCUT2D eigenvalue weighted by atomic mass is 10.1. The van der Waals surface area contributed by atoms with Crippen LogP contribution in [0, 0.1) is 5.82 Å². The van der Waals surface area contributed by atoms with Gasteiger partial charge in [-0.3, -0.25) is 0 Å². The molecule has 4 heteroatoms. The summed E-state index contributed by atoms with van der Waals surface area (Å²) in [4.78, 5) is 1.95. The smallest absolute Gasteiger partial charge is 0.146 e. The van der Waals surface area contributed by atoms with E-state index in [2.05, 4.69) is 0 Å². The number of rotatable bonds is 6. The number of halogens is 1. The van der Waals surface area contributed by atoms with E-state index >= 15 is 0 Å². The van der Waals surface area contributed by atoms with Gasteiger partial charge in [0.15, 0.2) is 0 Å². The van der Waals surface area contributed by atoms with Crippen molar-refractivity contribution in [2.75, 3.05) is 31.7 Å². The number of hydrogen-bond donors (Lipinski definition) is 1. The zero-order valence-corrected chi connectivity index (χ0v) is 10.7. The normalized spacial score (nSPS) is 12.5. The van der Waals surface area contributed by atoms with Crippen LogP contribution in [0.25, 0.3) is 0 Å². The lowest BCUT2D eigenvalue weighted by Crippen LogP contribution is -2.27. The lowest BCUT2D eigenvalue weighted by Gasteiger charge is -2.23. The lowest BCUT2D eigenvalue weighted by molar-refractivity contribution is 0.205. The Balaban J connectivity index is 2.88. The third-order valence-electron chi connectivity index (χ3n) is 2.79. The first kappa shape index (κ1) is 13.9.